The van der Waals surface area contributed by atoms with Gasteiger partial charge in [-0.3, -0.25) is 4.79 Å². The summed E-state index contributed by atoms with van der Waals surface area (Å²) in [5.74, 6) is 0.907. The lowest BCUT2D eigenvalue weighted by molar-refractivity contribution is -0.132. The van der Waals surface area contributed by atoms with Crippen LogP contribution >= 0.6 is 0 Å². The number of rotatable bonds is 8. The molecule has 1 N–H and O–H groups in total. The van der Waals surface area contributed by atoms with Crippen molar-refractivity contribution in [3.05, 3.63) is 59.7 Å². The summed E-state index contributed by atoms with van der Waals surface area (Å²) >= 11 is 0. The van der Waals surface area contributed by atoms with Crippen LogP contribution in [0.1, 0.15) is 36.8 Å². The highest BCUT2D eigenvalue weighted by atomic mass is 32.2. The number of para-hydroxylation sites is 1. The lowest BCUT2D eigenvalue weighted by atomic mass is 10.1. The summed E-state index contributed by atoms with van der Waals surface area (Å²) < 4.78 is 33.9. The second-order valence-electron chi connectivity index (χ2n) is 7.81. The van der Waals surface area contributed by atoms with E-state index in [0.29, 0.717) is 50.3 Å². The Balaban J connectivity index is 1.42. The summed E-state index contributed by atoms with van der Waals surface area (Å²) in [7, 11) is -3.56. The van der Waals surface area contributed by atoms with Crippen molar-refractivity contribution in [3.63, 3.8) is 0 Å². The number of carbonyl (C=O) groups excluding carboxylic acids is 1. The van der Waals surface area contributed by atoms with Gasteiger partial charge in [0.05, 0.1) is 11.5 Å². The van der Waals surface area contributed by atoms with Gasteiger partial charge in [0.15, 0.2) is 0 Å². The maximum Gasteiger partial charge on any atom is 0.241 e. The lowest BCUT2D eigenvalue weighted by Gasteiger charge is -2.32. The minimum atomic E-state index is -3.56. The van der Waals surface area contributed by atoms with Crippen LogP contribution in [0.4, 0.5) is 0 Å². The highest BCUT2D eigenvalue weighted by molar-refractivity contribution is 7.89. The van der Waals surface area contributed by atoms with Gasteiger partial charge in [0.2, 0.25) is 15.9 Å². The smallest absolute Gasteiger partial charge is 0.241 e. The molecule has 1 heterocycles. The van der Waals surface area contributed by atoms with Crippen molar-refractivity contribution in [3.8, 4) is 5.75 Å². The van der Waals surface area contributed by atoms with Gasteiger partial charge in [0.1, 0.15) is 5.75 Å². The molecule has 1 amide bonds. The number of ether oxygens (including phenoxy) is 1. The van der Waals surface area contributed by atoms with Crippen molar-refractivity contribution in [1.29, 1.82) is 0 Å². The predicted molar refractivity (Wildman–Crippen MR) is 117 cm³/mol. The van der Waals surface area contributed by atoms with Gasteiger partial charge in [-0.15, -0.1) is 0 Å². The number of hydrogen-bond acceptors (Lipinski definition) is 4. The topological polar surface area (TPSA) is 75.7 Å². The maximum atomic E-state index is 12.7. The predicted octanol–water partition coefficient (Wildman–Crippen LogP) is 3.43. The second kappa shape index (κ2) is 10.1. The summed E-state index contributed by atoms with van der Waals surface area (Å²) in [5, 5.41) is 0. The van der Waals surface area contributed by atoms with Crippen LogP contribution < -0.4 is 9.46 Å². The fourth-order valence-corrected chi connectivity index (χ4v) is 5.25. The van der Waals surface area contributed by atoms with E-state index in [1.165, 1.54) is 0 Å². The molecular weight excluding hydrogens is 400 g/mol. The highest BCUT2D eigenvalue weighted by Crippen LogP contribution is 2.19. The molecule has 0 unspecified atom stereocenters. The van der Waals surface area contributed by atoms with E-state index in [-0.39, 0.29) is 11.9 Å². The molecule has 0 radical (unpaired) electrons. The van der Waals surface area contributed by atoms with Gasteiger partial charge in [0.25, 0.3) is 0 Å². The molecule has 0 aromatic heterocycles. The molecule has 2 aromatic rings. The van der Waals surface area contributed by atoms with Gasteiger partial charge in [-0.05, 0) is 56.9 Å². The van der Waals surface area contributed by atoms with E-state index in [0.717, 1.165) is 16.9 Å². The zero-order valence-electron chi connectivity index (χ0n) is 17.6. The van der Waals surface area contributed by atoms with Gasteiger partial charge in [-0.1, -0.05) is 35.9 Å². The number of carbonyl (C=O) groups is 1. The number of sulfonamides is 1. The maximum absolute atomic E-state index is 12.7. The van der Waals surface area contributed by atoms with Gasteiger partial charge >= 0.3 is 0 Å². The quantitative estimate of drug-likeness (QED) is 0.651. The fraction of sp³-hybridized carbons (Fsp3) is 0.435. The first-order valence-corrected chi connectivity index (χ1v) is 11.9. The van der Waals surface area contributed by atoms with Crippen LogP contribution in [0.5, 0.6) is 5.75 Å². The number of amides is 1. The van der Waals surface area contributed by atoms with Crippen LogP contribution in [-0.2, 0) is 14.8 Å². The van der Waals surface area contributed by atoms with Crippen LogP contribution in [0.25, 0.3) is 0 Å². The third kappa shape index (κ3) is 6.06. The van der Waals surface area contributed by atoms with Crippen molar-refractivity contribution in [2.45, 2.75) is 50.5 Å². The van der Waals surface area contributed by atoms with E-state index in [1.807, 2.05) is 61.2 Å². The summed E-state index contributed by atoms with van der Waals surface area (Å²) in [6, 6.07) is 14.7. The Bertz CT molecular complexity index is 952. The molecule has 3 rings (SSSR count). The van der Waals surface area contributed by atoms with Crippen LogP contribution in [0.3, 0.4) is 0 Å². The van der Waals surface area contributed by atoms with Crippen molar-refractivity contribution in [2.75, 3.05) is 19.7 Å². The zero-order chi connectivity index (χ0) is 21.6. The number of nitrogens with one attached hydrogen (secondary N) is 1. The average molecular weight is 431 g/mol. The summed E-state index contributed by atoms with van der Waals surface area (Å²) in [5.41, 5.74) is 1.78. The van der Waals surface area contributed by atoms with Crippen LogP contribution in [-0.4, -0.2) is 45.0 Å². The van der Waals surface area contributed by atoms with Gasteiger partial charge in [0, 0.05) is 25.6 Å². The Morgan fingerprint density at radius 2 is 1.80 bits per heavy atom. The number of aryl methyl sites for hydroxylation is 2. The molecule has 0 spiro atoms. The van der Waals surface area contributed by atoms with E-state index < -0.39 is 10.0 Å². The molecule has 30 heavy (non-hydrogen) atoms. The van der Waals surface area contributed by atoms with Gasteiger partial charge in [-0.2, -0.15) is 0 Å². The molecule has 162 valence electrons. The molecule has 0 aliphatic carbocycles. The number of nitrogens with zero attached hydrogens (tertiary/aromatic N) is 1. The number of piperidine rings is 1. The van der Waals surface area contributed by atoms with E-state index in [9.17, 15) is 13.2 Å². The molecule has 1 aliphatic heterocycles. The van der Waals surface area contributed by atoms with Crippen LogP contribution in [0.15, 0.2) is 53.4 Å². The largest absolute Gasteiger partial charge is 0.494 e. The molecule has 0 atom stereocenters. The van der Waals surface area contributed by atoms with Crippen molar-refractivity contribution in [1.82, 2.24) is 9.62 Å². The van der Waals surface area contributed by atoms with E-state index in [2.05, 4.69) is 4.72 Å². The third-order valence-electron chi connectivity index (χ3n) is 5.34. The Hall–Kier alpha value is -2.38. The molecule has 1 saturated heterocycles. The molecule has 7 heteroatoms. The number of hydrogen-bond donors (Lipinski definition) is 1. The van der Waals surface area contributed by atoms with Crippen molar-refractivity contribution in [2.24, 2.45) is 0 Å². The zero-order valence-corrected chi connectivity index (χ0v) is 18.5. The second-order valence-corrected chi connectivity index (χ2v) is 9.49. The Morgan fingerprint density at radius 3 is 2.47 bits per heavy atom. The molecule has 6 nitrogen and oxygen atoms in total. The van der Waals surface area contributed by atoms with Gasteiger partial charge in [-0.25, -0.2) is 13.1 Å². The summed E-state index contributed by atoms with van der Waals surface area (Å²) in [6.07, 6.45) is 2.34. The molecule has 1 aliphatic rings. The SMILES string of the molecule is Cc1ccc(S(=O)(=O)NC2CCN(C(=O)CCCOc3ccccc3)CC2)c(C)c1. The van der Waals surface area contributed by atoms with E-state index in [4.69, 9.17) is 4.74 Å². The molecule has 1 fully saturated rings. The Kier molecular flexibility index (Phi) is 7.50. The number of benzene rings is 2. The first kappa shape index (κ1) is 22.3. The first-order valence-electron chi connectivity index (χ1n) is 10.4. The minimum Gasteiger partial charge on any atom is -0.494 e. The third-order valence-corrected chi connectivity index (χ3v) is 7.02. The fourth-order valence-electron chi connectivity index (χ4n) is 3.72. The van der Waals surface area contributed by atoms with Crippen molar-refractivity contribution < 1.29 is 17.9 Å². The average Bonchev–Trinajstić information content (AvgIpc) is 2.72. The Morgan fingerprint density at radius 1 is 1.10 bits per heavy atom. The molecule has 2 aromatic carbocycles. The lowest BCUT2D eigenvalue weighted by Crippen LogP contribution is -2.46. The molecule has 0 bridgehead atoms. The summed E-state index contributed by atoms with van der Waals surface area (Å²) in [4.78, 5) is 14.6. The first-order chi connectivity index (χ1) is 14.3. The molecular formula is C23H30N2O4S. The highest BCUT2D eigenvalue weighted by Gasteiger charge is 2.27. The standard InChI is InChI=1S/C23H30N2O4S/c1-18-10-11-22(19(2)17-18)30(27,28)24-20-12-14-25(15-13-20)23(26)9-6-16-29-21-7-4-3-5-8-21/h3-5,7-8,10-11,17,20,24H,6,9,12-16H2,1-2H3. The van der Waals surface area contributed by atoms with E-state index >= 15 is 0 Å². The number of likely N-dealkylation sites (tertiary alicyclic amines) is 1. The normalized spacial score (nSPS) is 15.2. The summed E-state index contributed by atoms with van der Waals surface area (Å²) in [6.45, 7) is 5.39. The monoisotopic (exact) mass is 430 g/mol. The van der Waals surface area contributed by atoms with Crippen molar-refractivity contribution >= 4 is 15.9 Å². The van der Waals surface area contributed by atoms with Crippen LogP contribution in [0.2, 0.25) is 0 Å². The Labute approximate surface area is 179 Å². The van der Waals surface area contributed by atoms with E-state index in [1.54, 1.807) is 6.07 Å². The van der Waals surface area contributed by atoms with Crippen LogP contribution in [0, 0.1) is 13.8 Å². The molecule has 0 saturated carbocycles. The minimum absolute atomic E-state index is 0.0994. The van der Waals surface area contributed by atoms with Gasteiger partial charge < -0.3 is 9.64 Å².